The van der Waals surface area contributed by atoms with Crippen LogP contribution in [0, 0.1) is 29.0 Å². The third-order valence-corrected chi connectivity index (χ3v) is 8.73. The molecule has 1 aliphatic carbocycles. The van der Waals surface area contributed by atoms with E-state index in [0.717, 1.165) is 25.6 Å². The summed E-state index contributed by atoms with van der Waals surface area (Å²) in [6.07, 6.45) is 1.53. The predicted molar refractivity (Wildman–Crippen MR) is 150 cm³/mol. The number of nitrogens with zero attached hydrogens (tertiary/aromatic N) is 4. The molecule has 1 amide bonds. The number of aliphatic hydroxyl groups excluding tert-OH is 2. The molecule has 2 fully saturated rings. The van der Waals surface area contributed by atoms with Gasteiger partial charge in [0.1, 0.15) is 29.8 Å². The molecular weight excluding hydrogens is 561 g/mol. The Hall–Kier alpha value is -4.00. The summed E-state index contributed by atoms with van der Waals surface area (Å²) in [7, 11) is 0. The highest BCUT2D eigenvalue weighted by atomic mass is 19.1. The molecule has 43 heavy (non-hydrogen) atoms. The molecule has 2 aromatic heterocycles. The van der Waals surface area contributed by atoms with Gasteiger partial charge in [-0.25, -0.2) is 13.9 Å². The van der Waals surface area contributed by atoms with Gasteiger partial charge in [0.15, 0.2) is 5.82 Å². The van der Waals surface area contributed by atoms with Crippen LogP contribution in [-0.4, -0.2) is 72.2 Å². The standard InChI is InChI=1S/C29H34FN7O6/c30-17-6-4-16(5-7-17)12-18(32)26(40)36-25-19-8-9-21(37(19)35-15-34-25)29(14-31)24(39)22(20(13-38)43-29)23(27(41)42)28(33)10-2-1-3-11-28/h4-9,15,18,20,22-24,38-39H,1-3,10-13,32-33H2,(H,41,42)(H,34,35,36,40)/t18?,20?,22-,23?,24+,29-/m0/s1. The number of anilines is 1. The fourth-order valence-corrected chi connectivity index (χ4v) is 6.58. The fourth-order valence-electron chi connectivity index (χ4n) is 6.58. The summed E-state index contributed by atoms with van der Waals surface area (Å²) in [5.74, 6) is -4.68. The zero-order valence-corrected chi connectivity index (χ0v) is 23.3. The number of nitrogens with one attached hydrogen (secondary N) is 1. The number of fused-ring (bicyclic) bond motifs is 1. The number of carbonyl (C=O) groups excluding carboxylic acids is 1. The number of benzene rings is 1. The number of carboxylic acid groups (broad SMARTS) is 1. The Morgan fingerprint density at radius 2 is 1.91 bits per heavy atom. The maximum atomic E-state index is 13.2. The first-order valence-electron chi connectivity index (χ1n) is 14.1. The second-order valence-electron chi connectivity index (χ2n) is 11.4. The molecule has 14 heteroatoms. The topological polar surface area (TPSA) is 222 Å². The molecule has 3 unspecified atom stereocenters. The van der Waals surface area contributed by atoms with Crippen molar-refractivity contribution in [3.63, 3.8) is 0 Å². The van der Waals surface area contributed by atoms with Crippen molar-refractivity contribution in [2.24, 2.45) is 23.3 Å². The van der Waals surface area contributed by atoms with Crippen LogP contribution >= 0.6 is 0 Å². The summed E-state index contributed by atoms with van der Waals surface area (Å²) >= 11 is 0. The van der Waals surface area contributed by atoms with E-state index in [0.29, 0.717) is 18.4 Å². The van der Waals surface area contributed by atoms with E-state index in [1.807, 2.05) is 6.07 Å². The van der Waals surface area contributed by atoms with Crippen molar-refractivity contribution in [2.45, 2.75) is 67.9 Å². The van der Waals surface area contributed by atoms with Gasteiger partial charge in [-0.1, -0.05) is 31.4 Å². The molecule has 6 atom stereocenters. The summed E-state index contributed by atoms with van der Waals surface area (Å²) in [5, 5.41) is 49.5. The summed E-state index contributed by atoms with van der Waals surface area (Å²) in [4.78, 5) is 29.7. The van der Waals surface area contributed by atoms with Crippen molar-refractivity contribution in [3.05, 3.63) is 59.8 Å². The highest BCUT2D eigenvalue weighted by Gasteiger charge is 2.63. The van der Waals surface area contributed by atoms with Crippen LogP contribution in [0.15, 0.2) is 42.7 Å². The molecule has 1 saturated carbocycles. The Balaban J connectivity index is 1.46. The van der Waals surface area contributed by atoms with Gasteiger partial charge in [0.25, 0.3) is 0 Å². The van der Waals surface area contributed by atoms with Crippen LogP contribution in [0.1, 0.15) is 43.4 Å². The van der Waals surface area contributed by atoms with Crippen molar-refractivity contribution in [3.8, 4) is 6.07 Å². The van der Waals surface area contributed by atoms with Gasteiger partial charge in [0, 0.05) is 11.5 Å². The zero-order valence-electron chi connectivity index (χ0n) is 23.3. The minimum atomic E-state index is -2.13. The first-order chi connectivity index (χ1) is 20.5. The molecule has 5 rings (SSSR count). The molecule has 2 aliphatic rings. The number of ether oxygens (including phenoxy) is 1. The summed E-state index contributed by atoms with van der Waals surface area (Å²) in [5.41, 5.74) is 10.4. The maximum absolute atomic E-state index is 13.2. The number of aliphatic hydroxyl groups is 2. The lowest BCUT2D eigenvalue weighted by molar-refractivity contribution is -0.151. The maximum Gasteiger partial charge on any atom is 0.308 e. The Bertz CT molecular complexity index is 1540. The van der Waals surface area contributed by atoms with E-state index >= 15 is 0 Å². The molecule has 1 saturated heterocycles. The molecule has 3 heterocycles. The largest absolute Gasteiger partial charge is 0.481 e. The smallest absolute Gasteiger partial charge is 0.308 e. The second-order valence-corrected chi connectivity index (χ2v) is 11.4. The normalized spacial score (nSPS) is 26.5. The Morgan fingerprint density at radius 3 is 2.53 bits per heavy atom. The third kappa shape index (κ3) is 5.46. The monoisotopic (exact) mass is 595 g/mol. The third-order valence-electron chi connectivity index (χ3n) is 8.73. The molecular formula is C29H34FN7O6. The number of carbonyl (C=O) groups is 2. The second kappa shape index (κ2) is 11.9. The van der Waals surface area contributed by atoms with Crippen molar-refractivity contribution < 1.29 is 34.0 Å². The van der Waals surface area contributed by atoms with Gasteiger partial charge in [0.05, 0.1) is 30.4 Å². The molecule has 0 radical (unpaired) electrons. The van der Waals surface area contributed by atoms with E-state index in [2.05, 4.69) is 15.4 Å². The van der Waals surface area contributed by atoms with Crippen LogP contribution in [0.2, 0.25) is 0 Å². The number of hydrogen-bond acceptors (Lipinski definition) is 10. The molecule has 228 valence electrons. The number of nitrogens with two attached hydrogens (primary N) is 2. The molecule has 13 nitrogen and oxygen atoms in total. The number of hydrogen-bond donors (Lipinski definition) is 6. The molecule has 1 aliphatic heterocycles. The minimum absolute atomic E-state index is 0.0470. The number of aliphatic carboxylic acids is 1. The average molecular weight is 596 g/mol. The lowest BCUT2D eigenvalue weighted by Crippen LogP contribution is -2.58. The molecule has 8 N–H and O–H groups in total. The van der Waals surface area contributed by atoms with Gasteiger partial charge in [-0.3, -0.25) is 9.59 Å². The van der Waals surface area contributed by atoms with E-state index in [4.69, 9.17) is 16.2 Å². The average Bonchev–Trinajstić information content (AvgIpc) is 3.54. The molecule has 0 spiro atoms. The first kappa shape index (κ1) is 30.5. The minimum Gasteiger partial charge on any atom is -0.481 e. The van der Waals surface area contributed by atoms with Crippen LogP contribution in [0.4, 0.5) is 10.2 Å². The number of nitriles is 1. The van der Waals surface area contributed by atoms with E-state index in [-0.39, 0.29) is 23.4 Å². The van der Waals surface area contributed by atoms with Crippen molar-refractivity contribution >= 4 is 23.2 Å². The summed E-state index contributed by atoms with van der Waals surface area (Å²) < 4.78 is 20.5. The van der Waals surface area contributed by atoms with Crippen LogP contribution in [0.3, 0.4) is 0 Å². The van der Waals surface area contributed by atoms with E-state index in [1.165, 1.54) is 40.9 Å². The number of amides is 1. The van der Waals surface area contributed by atoms with Crippen LogP contribution in [0.25, 0.3) is 5.52 Å². The summed E-state index contributed by atoms with van der Waals surface area (Å²) in [6, 6.07) is 9.57. The van der Waals surface area contributed by atoms with Crippen molar-refractivity contribution in [1.82, 2.24) is 14.6 Å². The van der Waals surface area contributed by atoms with Gasteiger partial charge in [-0.2, -0.15) is 10.4 Å². The van der Waals surface area contributed by atoms with Gasteiger partial charge >= 0.3 is 5.97 Å². The highest BCUT2D eigenvalue weighted by Crippen LogP contribution is 2.49. The lowest BCUT2D eigenvalue weighted by atomic mass is 9.65. The SMILES string of the molecule is N#C[C@@]1(c2ccc3c(NC(=O)C(N)Cc4ccc(F)cc4)ncnn23)OC(CO)[C@@H](C(C(=O)O)C2(N)CCCCC2)[C@H]1O. The Morgan fingerprint density at radius 1 is 1.21 bits per heavy atom. The van der Waals surface area contributed by atoms with Gasteiger partial charge in [-0.15, -0.1) is 0 Å². The number of rotatable bonds is 9. The number of halogens is 1. The van der Waals surface area contributed by atoms with Crippen LogP contribution in [0.5, 0.6) is 0 Å². The quantitative estimate of drug-likeness (QED) is 0.203. The van der Waals surface area contributed by atoms with Crippen LogP contribution in [-0.2, 0) is 26.3 Å². The molecule has 1 aromatic carbocycles. The Labute approximate surface area is 246 Å². The summed E-state index contributed by atoms with van der Waals surface area (Å²) in [6.45, 7) is -0.656. The molecule has 0 bridgehead atoms. The molecule has 3 aromatic rings. The van der Waals surface area contributed by atoms with E-state index in [1.54, 1.807) is 0 Å². The first-order valence-corrected chi connectivity index (χ1v) is 14.1. The lowest BCUT2D eigenvalue weighted by Gasteiger charge is -2.42. The van der Waals surface area contributed by atoms with Crippen LogP contribution < -0.4 is 16.8 Å². The van der Waals surface area contributed by atoms with E-state index < -0.39 is 65.5 Å². The van der Waals surface area contributed by atoms with E-state index in [9.17, 15) is 34.6 Å². The Kier molecular flexibility index (Phi) is 8.46. The van der Waals surface area contributed by atoms with Crippen molar-refractivity contribution in [1.29, 1.82) is 5.26 Å². The number of aromatic nitrogens is 3. The number of carboxylic acids is 1. The van der Waals surface area contributed by atoms with Gasteiger partial charge in [-0.05, 0) is 49.1 Å². The zero-order chi connectivity index (χ0) is 30.9. The van der Waals surface area contributed by atoms with Gasteiger partial charge in [0.2, 0.25) is 11.5 Å². The fraction of sp³-hybridized carbons (Fsp3) is 0.483. The van der Waals surface area contributed by atoms with Gasteiger partial charge < -0.3 is 36.8 Å². The highest BCUT2D eigenvalue weighted by molar-refractivity contribution is 5.97. The van der Waals surface area contributed by atoms with Crippen molar-refractivity contribution in [2.75, 3.05) is 11.9 Å². The predicted octanol–water partition coefficient (Wildman–Crippen LogP) is 0.826.